The zero-order valence-electron chi connectivity index (χ0n) is 12.8. The van der Waals surface area contributed by atoms with E-state index in [2.05, 4.69) is 10.6 Å². The Morgan fingerprint density at radius 3 is 2.68 bits per heavy atom. The number of benzene rings is 1. The standard InChI is InChI=1S/C15H22N2O5/c1-11(22-13-6-3-5-12(9-13)21-2)10-17-15(20)16-8-4-7-14(18)19/h3,5-6,9,11H,4,7-8,10H2,1-2H3,(H,18,19)(H2,16,17,20). The molecule has 2 amide bonds. The highest BCUT2D eigenvalue weighted by Gasteiger charge is 2.07. The van der Waals surface area contributed by atoms with Gasteiger partial charge in [-0.05, 0) is 25.5 Å². The number of carbonyl (C=O) groups is 2. The van der Waals surface area contributed by atoms with Crippen molar-refractivity contribution >= 4 is 12.0 Å². The van der Waals surface area contributed by atoms with Crippen molar-refractivity contribution < 1.29 is 24.2 Å². The van der Waals surface area contributed by atoms with Crippen LogP contribution in [0.25, 0.3) is 0 Å². The molecule has 1 rings (SSSR count). The van der Waals surface area contributed by atoms with Gasteiger partial charge in [0.05, 0.1) is 13.7 Å². The van der Waals surface area contributed by atoms with E-state index in [9.17, 15) is 9.59 Å². The summed E-state index contributed by atoms with van der Waals surface area (Å²) in [5.74, 6) is 0.492. The molecule has 0 aliphatic heterocycles. The largest absolute Gasteiger partial charge is 0.497 e. The Balaban J connectivity index is 2.23. The van der Waals surface area contributed by atoms with Crippen molar-refractivity contribution in [2.45, 2.75) is 25.9 Å². The number of aliphatic carboxylic acids is 1. The first-order valence-corrected chi connectivity index (χ1v) is 7.05. The average molecular weight is 310 g/mol. The van der Waals surface area contributed by atoms with Gasteiger partial charge >= 0.3 is 12.0 Å². The maximum atomic E-state index is 11.5. The van der Waals surface area contributed by atoms with Gasteiger partial charge in [-0.2, -0.15) is 0 Å². The lowest BCUT2D eigenvalue weighted by atomic mass is 10.3. The lowest BCUT2D eigenvalue weighted by Gasteiger charge is -2.16. The van der Waals surface area contributed by atoms with E-state index in [1.807, 2.05) is 25.1 Å². The van der Waals surface area contributed by atoms with Gasteiger partial charge in [-0.15, -0.1) is 0 Å². The van der Waals surface area contributed by atoms with Gasteiger partial charge in [0.25, 0.3) is 0 Å². The topological polar surface area (TPSA) is 96.9 Å². The second-order valence-corrected chi connectivity index (χ2v) is 4.74. The molecule has 3 N–H and O–H groups in total. The number of urea groups is 1. The average Bonchev–Trinajstić information content (AvgIpc) is 2.49. The first-order chi connectivity index (χ1) is 10.5. The summed E-state index contributed by atoms with van der Waals surface area (Å²) in [6.07, 6.45) is 0.228. The molecule has 1 unspecified atom stereocenters. The van der Waals surface area contributed by atoms with Crippen molar-refractivity contribution in [3.8, 4) is 11.5 Å². The Morgan fingerprint density at radius 2 is 2.00 bits per heavy atom. The predicted octanol–water partition coefficient (Wildman–Crippen LogP) is 1.63. The molecule has 0 spiro atoms. The molecule has 0 saturated heterocycles. The molecule has 0 bridgehead atoms. The van der Waals surface area contributed by atoms with E-state index in [4.69, 9.17) is 14.6 Å². The van der Waals surface area contributed by atoms with Gasteiger partial charge in [0.1, 0.15) is 17.6 Å². The van der Waals surface area contributed by atoms with Crippen LogP contribution in [0.2, 0.25) is 0 Å². The van der Waals surface area contributed by atoms with Gasteiger partial charge in [-0.3, -0.25) is 4.79 Å². The number of hydrogen-bond donors (Lipinski definition) is 3. The van der Waals surface area contributed by atoms with E-state index in [0.29, 0.717) is 31.0 Å². The summed E-state index contributed by atoms with van der Waals surface area (Å²) >= 11 is 0. The molecule has 7 nitrogen and oxygen atoms in total. The Morgan fingerprint density at radius 1 is 1.27 bits per heavy atom. The van der Waals surface area contributed by atoms with Gasteiger partial charge < -0.3 is 25.2 Å². The molecule has 122 valence electrons. The number of carboxylic acids is 1. The van der Waals surface area contributed by atoms with Gasteiger partial charge in [0.2, 0.25) is 0 Å². The summed E-state index contributed by atoms with van der Waals surface area (Å²) in [6.45, 7) is 2.50. The fourth-order valence-electron chi connectivity index (χ4n) is 1.69. The van der Waals surface area contributed by atoms with Gasteiger partial charge in [-0.1, -0.05) is 6.07 Å². The Hall–Kier alpha value is -2.44. The molecule has 0 heterocycles. The molecule has 7 heteroatoms. The third kappa shape index (κ3) is 7.37. The summed E-state index contributed by atoms with van der Waals surface area (Å²) in [7, 11) is 1.58. The zero-order chi connectivity index (χ0) is 16.4. The van der Waals surface area contributed by atoms with Gasteiger partial charge in [-0.25, -0.2) is 4.79 Å². The molecule has 0 radical (unpaired) electrons. The first-order valence-electron chi connectivity index (χ1n) is 7.05. The van der Waals surface area contributed by atoms with Crippen molar-refractivity contribution in [3.05, 3.63) is 24.3 Å². The maximum absolute atomic E-state index is 11.5. The fourth-order valence-corrected chi connectivity index (χ4v) is 1.69. The smallest absolute Gasteiger partial charge is 0.314 e. The van der Waals surface area contributed by atoms with Crippen LogP contribution in [0.5, 0.6) is 11.5 Å². The van der Waals surface area contributed by atoms with E-state index in [0.717, 1.165) is 0 Å². The minimum Gasteiger partial charge on any atom is -0.497 e. The van der Waals surface area contributed by atoms with E-state index in [-0.39, 0.29) is 18.6 Å². The third-order valence-electron chi connectivity index (χ3n) is 2.78. The van der Waals surface area contributed by atoms with Crippen molar-refractivity contribution in [2.24, 2.45) is 0 Å². The minimum absolute atomic E-state index is 0.0373. The molecular formula is C15H22N2O5. The Labute approximate surface area is 129 Å². The van der Waals surface area contributed by atoms with Crippen LogP contribution in [0.1, 0.15) is 19.8 Å². The van der Waals surface area contributed by atoms with E-state index < -0.39 is 5.97 Å². The normalized spacial score (nSPS) is 11.4. The maximum Gasteiger partial charge on any atom is 0.314 e. The molecule has 0 aliphatic rings. The van der Waals surface area contributed by atoms with E-state index in [1.165, 1.54) is 0 Å². The second kappa shape index (κ2) is 9.49. The number of nitrogens with one attached hydrogen (secondary N) is 2. The number of methoxy groups -OCH3 is 1. The van der Waals surface area contributed by atoms with E-state index in [1.54, 1.807) is 13.2 Å². The van der Waals surface area contributed by atoms with Crippen LogP contribution in [0.3, 0.4) is 0 Å². The summed E-state index contributed by atoms with van der Waals surface area (Å²) in [4.78, 5) is 21.8. The number of amides is 2. The highest BCUT2D eigenvalue weighted by molar-refractivity contribution is 5.73. The highest BCUT2D eigenvalue weighted by Crippen LogP contribution is 2.19. The number of carbonyl (C=O) groups excluding carboxylic acids is 1. The van der Waals surface area contributed by atoms with Crippen molar-refractivity contribution in [2.75, 3.05) is 20.2 Å². The van der Waals surface area contributed by atoms with Crippen LogP contribution in [-0.4, -0.2) is 43.4 Å². The molecule has 0 aliphatic carbocycles. The SMILES string of the molecule is COc1cccc(OC(C)CNC(=O)NCCCC(=O)O)c1. The molecule has 1 atom stereocenters. The van der Waals surface area contributed by atoms with Crippen molar-refractivity contribution in [1.29, 1.82) is 0 Å². The molecule has 0 saturated carbocycles. The lowest BCUT2D eigenvalue weighted by molar-refractivity contribution is -0.137. The van der Waals surface area contributed by atoms with Crippen molar-refractivity contribution in [3.63, 3.8) is 0 Å². The van der Waals surface area contributed by atoms with E-state index >= 15 is 0 Å². The number of rotatable bonds is 9. The number of ether oxygens (including phenoxy) is 2. The van der Waals surface area contributed by atoms with Crippen LogP contribution >= 0.6 is 0 Å². The van der Waals surface area contributed by atoms with Crippen LogP contribution in [0, 0.1) is 0 Å². The second-order valence-electron chi connectivity index (χ2n) is 4.74. The summed E-state index contributed by atoms with van der Waals surface area (Å²) < 4.78 is 10.8. The summed E-state index contributed by atoms with van der Waals surface area (Å²) in [5, 5.41) is 13.7. The monoisotopic (exact) mass is 310 g/mol. The first kappa shape index (κ1) is 17.6. The molecule has 0 fully saturated rings. The molecule has 22 heavy (non-hydrogen) atoms. The zero-order valence-corrected chi connectivity index (χ0v) is 12.8. The third-order valence-corrected chi connectivity index (χ3v) is 2.78. The highest BCUT2D eigenvalue weighted by atomic mass is 16.5. The Bertz CT molecular complexity index is 493. The van der Waals surface area contributed by atoms with Crippen LogP contribution in [0.15, 0.2) is 24.3 Å². The predicted molar refractivity (Wildman–Crippen MR) is 81.4 cm³/mol. The van der Waals surface area contributed by atoms with Gasteiger partial charge in [0.15, 0.2) is 0 Å². The quantitative estimate of drug-likeness (QED) is 0.602. The van der Waals surface area contributed by atoms with Crippen molar-refractivity contribution in [1.82, 2.24) is 10.6 Å². The minimum atomic E-state index is -0.873. The fraction of sp³-hybridized carbons (Fsp3) is 0.467. The van der Waals surface area contributed by atoms with Crippen LogP contribution in [-0.2, 0) is 4.79 Å². The van der Waals surface area contributed by atoms with Gasteiger partial charge in [0, 0.05) is 19.0 Å². The number of carboxylic acid groups (broad SMARTS) is 1. The summed E-state index contributed by atoms with van der Waals surface area (Å²) in [5.41, 5.74) is 0. The summed E-state index contributed by atoms with van der Waals surface area (Å²) in [6, 6.07) is 6.88. The molecular weight excluding hydrogens is 288 g/mol. The van der Waals surface area contributed by atoms with Crippen LogP contribution < -0.4 is 20.1 Å². The molecule has 1 aromatic rings. The molecule has 0 aromatic heterocycles. The molecule has 1 aromatic carbocycles. The Kier molecular flexibility index (Phi) is 7.60. The van der Waals surface area contributed by atoms with Crippen LogP contribution in [0.4, 0.5) is 4.79 Å². The lowest BCUT2D eigenvalue weighted by Crippen LogP contribution is -2.40. The number of hydrogen-bond acceptors (Lipinski definition) is 4.